The fourth-order valence-corrected chi connectivity index (χ4v) is 7.57. The zero-order chi connectivity index (χ0) is 25.1. The Morgan fingerprint density at radius 1 is 1.00 bits per heavy atom. The normalized spacial score (nSPS) is 16.6. The number of anilines is 1. The third-order valence-electron chi connectivity index (χ3n) is 6.13. The summed E-state index contributed by atoms with van der Waals surface area (Å²) >= 11 is 1.51. The highest BCUT2D eigenvalue weighted by Gasteiger charge is 2.41. The van der Waals surface area contributed by atoms with Crippen molar-refractivity contribution in [3.05, 3.63) is 76.7 Å². The molecule has 1 saturated heterocycles. The van der Waals surface area contributed by atoms with E-state index in [9.17, 15) is 21.2 Å². The highest BCUT2D eigenvalue weighted by atomic mass is 32.2. The van der Waals surface area contributed by atoms with Gasteiger partial charge in [0, 0.05) is 29.9 Å². The molecular formula is C23H26FN3O5S3. The molecule has 0 atom stereocenters. The van der Waals surface area contributed by atoms with E-state index in [-0.39, 0.29) is 24.5 Å². The second kappa shape index (κ2) is 10.2. The molecule has 0 aliphatic carbocycles. The summed E-state index contributed by atoms with van der Waals surface area (Å²) in [7, 11) is -6.25. The lowest BCUT2D eigenvalue weighted by molar-refractivity contribution is 0.236. The van der Waals surface area contributed by atoms with Crippen LogP contribution in [-0.4, -0.2) is 47.9 Å². The molecule has 1 fully saturated rings. The first kappa shape index (κ1) is 25.6. The summed E-state index contributed by atoms with van der Waals surface area (Å²) in [5.41, 5.74) is -0.258. The van der Waals surface area contributed by atoms with E-state index in [1.54, 1.807) is 24.3 Å². The number of hydrogen-bond acceptors (Lipinski definition) is 6. The van der Waals surface area contributed by atoms with Crippen LogP contribution in [0.5, 0.6) is 5.75 Å². The lowest BCUT2D eigenvalue weighted by atomic mass is 9.78. The zero-order valence-corrected chi connectivity index (χ0v) is 21.4. The molecule has 1 aliphatic heterocycles. The average molecular weight is 540 g/mol. The lowest BCUT2D eigenvalue weighted by Gasteiger charge is -2.41. The topological polar surface area (TPSA) is 105 Å². The Bertz CT molecular complexity index is 1350. The standard InChI is InChI=1S/C23H26FN3O5S3/c1-32-21-6-3-2-5-20(21)26-35(30,31)25-17-23(22-7-4-16-33-22)12-14-27(15-13-23)34(28,29)19-10-8-18(24)9-11-19/h2-11,16,25-26H,12-15,17H2,1H3. The average Bonchev–Trinajstić information content (AvgIpc) is 3.39. The quantitative estimate of drug-likeness (QED) is 0.433. The van der Waals surface area contributed by atoms with Gasteiger partial charge in [-0.05, 0) is 60.7 Å². The van der Waals surface area contributed by atoms with E-state index in [1.165, 1.54) is 34.9 Å². The molecule has 0 spiro atoms. The third kappa shape index (κ3) is 5.67. The first-order valence-corrected chi connectivity index (χ1v) is 14.7. The first-order chi connectivity index (χ1) is 16.7. The van der Waals surface area contributed by atoms with Crippen LogP contribution in [0.25, 0.3) is 0 Å². The van der Waals surface area contributed by atoms with Gasteiger partial charge in [-0.1, -0.05) is 18.2 Å². The van der Waals surface area contributed by atoms with Crippen molar-refractivity contribution >= 4 is 37.3 Å². The monoisotopic (exact) mass is 539 g/mol. The van der Waals surface area contributed by atoms with Crippen LogP contribution in [0, 0.1) is 5.82 Å². The highest BCUT2D eigenvalue weighted by Crippen LogP contribution is 2.39. The second-order valence-electron chi connectivity index (χ2n) is 8.24. The van der Waals surface area contributed by atoms with Gasteiger partial charge >= 0.3 is 0 Å². The van der Waals surface area contributed by atoms with E-state index in [2.05, 4.69) is 9.44 Å². The molecule has 188 valence electrons. The Balaban J connectivity index is 1.50. The van der Waals surface area contributed by atoms with Crippen molar-refractivity contribution in [1.29, 1.82) is 0 Å². The summed E-state index contributed by atoms with van der Waals surface area (Å²) in [5.74, 6) is -0.113. The molecule has 2 N–H and O–H groups in total. The van der Waals surface area contributed by atoms with E-state index in [4.69, 9.17) is 4.74 Å². The Hall–Kier alpha value is -2.51. The Morgan fingerprint density at radius 2 is 1.69 bits per heavy atom. The number of nitrogens with zero attached hydrogens (tertiary/aromatic N) is 1. The summed E-state index contributed by atoms with van der Waals surface area (Å²) in [5, 5.41) is 1.92. The number of sulfonamides is 1. The zero-order valence-electron chi connectivity index (χ0n) is 19.0. The molecule has 0 amide bonds. The number of hydrogen-bond donors (Lipinski definition) is 2. The summed E-state index contributed by atoms with van der Waals surface area (Å²) < 4.78 is 76.8. The maximum Gasteiger partial charge on any atom is 0.299 e. The van der Waals surface area contributed by atoms with Gasteiger partial charge in [0.05, 0.1) is 17.7 Å². The predicted molar refractivity (Wildman–Crippen MR) is 134 cm³/mol. The fraction of sp³-hybridized carbons (Fsp3) is 0.304. The number of halogens is 1. The molecule has 0 saturated carbocycles. The molecule has 4 rings (SSSR count). The van der Waals surface area contributed by atoms with Crippen LogP contribution in [0.3, 0.4) is 0 Å². The number of piperidine rings is 1. The van der Waals surface area contributed by atoms with Crippen LogP contribution in [-0.2, 0) is 25.6 Å². The van der Waals surface area contributed by atoms with Crippen LogP contribution < -0.4 is 14.2 Å². The maximum atomic E-state index is 13.3. The molecule has 0 bridgehead atoms. The van der Waals surface area contributed by atoms with Crippen LogP contribution in [0.1, 0.15) is 17.7 Å². The number of para-hydroxylation sites is 2. The highest BCUT2D eigenvalue weighted by molar-refractivity contribution is 7.90. The van der Waals surface area contributed by atoms with Crippen molar-refractivity contribution in [2.75, 3.05) is 31.5 Å². The van der Waals surface area contributed by atoms with Gasteiger partial charge in [0.15, 0.2) is 0 Å². The predicted octanol–water partition coefficient (Wildman–Crippen LogP) is 3.56. The summed E-state index contributed by atoms with van der Waals surface area (Å²) in [6.07, 6.45) is 0.843. The van der Waals surface area contributed by atoms with E-state index in [0.717, 1.165) is 17.0 Å². The van der Waals surface area contributed by atoms with Crippen molar-refractivity contribution < 1.29 is 26.0 Å². The number of ether oxygens (including phenoxy) is 1. The van der Waals surface area contributed by atoms with Gasteiger partial charge in [0.1, 0.15) is 11.6 Å². The molecular weight excluding hydrogens is 513 g/mol. The number of rotatable bonds is 9. The lowest BCUT2D eigenvalue weighted by Crippen LogP contribution is -2.50. The molecule has 1 aromatic heterocycles. The van der Waals surface area contributed by atoms with Crippen molar-refractivity contribution in [2.24, 2.45) is 0 Å². The first-order valence-electron chi connectivity index (χ1n) is 10.9. The number of nitrogens with one attached hydrogen (secondary N) is 2. The second-order valence-corrected chi connectivity index (χ2v) is 12.6. The molecule has 2 heterocycles. The van der Waals surface area contributed by atoms with Gasteiger partial charge < -0.3 is 4.74 Å². The minimum Gasteiger partial charge on any atom is -0.495 e. The van der Waals surface area contributed by atoms with Gasteiger partial charge in [0.25, 0.3) is 10.2 Å². The number of methoxy groups -OCH3 is 1. The summed E-state index contributed by atoms with van der Waals surface area (Å²) in [4.78, 5) is 1.01. The van der Waals surface area contributed by atoms with E-state index in [0.29, 0.717) is 24.3 Å². The Labute approximate surface area is 209 Å². The largest absolute Gasteiger partial charge is 0.495 e. The molecule has 3 aromatic rings. The van der Waals surface area contributed by atoms with Crippen molar-refractivity contribution in [2.45, 2.75) is 23.2 Å². The summed E-state index contributed by atoms with van der Waals surface area (Å²) in [6.45, 7) is 0.515. The van der Waals surface area contributed by atoms with Gasteiger partial charge in [-0.15, -0.1) is 11.3 Å². The SMILES string of the molecule is COc1ccccc1NS(=O)(=O)NCC1(c2cccs2)CCN(S(=O)(=O)c2ccc(F)cc2)CC1. The van der Waals surface area contributed by atoms with E-state index in [1.807, 2.05) is 17.5 Å². The smallest absolute Gasteiger partial charge is 0.299 e. The van der Waals surface area contributed by atoms with Crippen LogP contribution in [0.15, 0.2) is 70.9 Å². The van der Waals surface area contributed by atoms with Gasteiger partial charge in [-0.25, -0.2) is 12.8 Å². The van der Waals surface area contributed by atoms with Crippen molar-refractivity contribution in [1.82, 2.24) is 9.03 Å². The minimum atomic E-state index is -3.93. The Kier molecular flexibility index (Phi) is 7.48. The molecule has 0 unspecified atom stereocenters. The van der Waals surface area contributed by atoms with Gasteiger partial charge in [-0.2, -0.15) is 17.4 Å². The van der Waals surface area contributed by atoms with Crippen LogP contribution >= 0.6 is 11.3 Å². The molecule has 8 nitrogen and oxygen atoms in total. The van der Waals surface area contributed by atoms with Crippen LogP contribution in [0.4, 0.5) is 10.1 Å². The third-order valence-corrected chi connectivity index (χ3v) is 10.2. The number of benzene rings is 2. The maximum absolute atomic E-state index is 13.3. The minimum absolute atomic E-state index is 0.0317. The number of thiophene rings is 1. The fourth-order valence-electron chi connectivity index (χ4n) is 4.14. The van der Waals surface area contributed by atoms with Gasteiger partial charge in [-0.3, -0.25) is 4.72 Å². The van der Waals surface area contributed by atoms with E-state index >= 15 is 0 Å². The molecule has 35 heavy (non-hydrogen) atoms. The molecule has 2 aromatic carbocycles. The molecule has 1 aliphatic rings. The van der Waals surface area contributed by atoms with Crippen molar-refractivity contribution in [3.8, 4) is 5.75 Å². The molecule has 0 radical (unpaired) electrons. The van der Waals surface area contributed by atoms with Crippen LogP contribution in [0.2, 0.25) is 0 Å². The van der Waals surface area contributed by atoms with Crippen molar-refractivity contribution in [3.63, 3.8) is 0 Å². The van der Waals surface area contributed by atoms with E-state index < -0.39 is 31.5 Å². The Morgan fingerprint density at radius 3 is 2.31 bits per heavy atom. The molecule has 12 heteroatoms. The summed E-state index contributed by atoms with van der Waals surface area (Å²) in [6, 6.07) is 15.3. The van der Waals surface area contributed by atoms with Gasteiger partial charge in [0.2, 0.25) is 10.0 Å².